The van der Waals surface area contributed by atoms with Crippen molar-refractivity contribution < 1.29 is 19.1 Å². The number of aromatic nitrogens is 1. The highest BCUT2D eigenvalue weighted by atomic mass is 16.5. The van der Waals surface area contributed by atoms with E-state index in [1.54, 1.807) is 13.2 Å². The SMILES string of the molecule is C=CC(C)(C)c1c(/C=C2\NC(=O)[C@H](C)N(C(C)=O)C2=O)c2ccccc2n1COC. The Kier molecular flexibility index (Phi) is 5.67. The van der Waals surface area contributed by atoms with Crippen LogP contribution in [0.3, 0.4) is 0 Å². The van der Waals surface area contributed by atoms with Crippen molar-refractivity contribution in [3.63, 3.8) is 0 Å². The topological polar surface area (TPSA) is 80.6 Å². The van der Waals surface area contributed by atoms with E-state index in [-0.39, 0.29) is 5.70 Å². The molecule has 1 N–H and O–H groups in total. The number of hydrogen-bond acceptors (Lipinski definition) is 4. The van der Waals surface area contributed by atoms with Crippen molar-refractivity contribution in [1.82, 2.24) is 14.8 Å². The predicted molar refractivity (Wildman–Crippen MR) is 115 cm³/mol. The Balaban J connectivity index is 2.31. The molecule has 7 nitrogen and oxygen atoms in total. The number of benzene rings is 1. The third-order valence-corrected chi connectivity index (χ3v) is 5.49. The lowest BCUT2D eigenvalue weighted by Gasteiger charge is -2.31. The summed E-state index contributed by atoms with van der Waals surface area (Å²) in [6, 6.07) is 6.92. The molecule has 0 saturated carbocycles. The first kappa shape index (κ1) is 21.5. The summed E-state index contributed by atoms with van der Waals surface area (Å²) in [7, 11) is 1.62. The number of carbonyl (C=O) groups excluding carboxylic acids is 3. The normalized spacial score (nSPS) is 18.8. The van der Waals surface area contributed by atoms with Crippen molar-refractivity contribution in [1.29, 1.82) is 0 Å². The summed E-state index contributed by atoms with van der Waals surface area (Å²) in [5, 5.41) is 3.57. The standard InChI is InChI=1S/C23H27N3O4/c1-7-23(4,5)20-17(16-10-8-9-11-19(16)25(20)13-30-6)12-18-22(29)26(15(3)27)14(2)21(28)24-18/h7-12,14H,1,13H2,2-6H3,(H,24,28)/b18-12-/t14-/m0/s1. The van der Waals surface area contributed by atoms with Gasteiger partial charge in [-0.15, -0.1) is 6.58 Å². The summed E-state index contributed by atoms with van der Waals surface area (Å²) >= 11 is 0. The minimum atomic E-state index is -0.855. The van der Waals surface area contributed by atoms with Gasteiger partial charge in [-0.25, -0.2) is 0 Å². The zero-order valence-corrected chi connectivity index (χ0v) is 18.0. The quantitative estimate of drug-likeness (QED) is 0.608. The summed E-state index contributed by atoms with van der Waals surface area (Å²) in [6.07, 6.45) is 3.48. The molecule has 7 heteroatoms. The fourth-order valence-electron chi connectivity index (χ4n) is 3.90. The van der Waals surface area contributed by atoms with Crippen LogP contribution in [0.25, 0.3) is 17.0 Å². The second-order valence-corrected chi connectivity index (χ2v) is 7.97. The Morgan fingerprint density at radius 1 is 1.30 bits per heavy atom. The van der Waals surface area contributed by atoms with Crippen LogP contribution in [-0.4, -0.2) is 40.3 Å². The van der Waals surface area contributed by atoms with Crippen molar-refractivity contribution in [3.8, 4) is 0 Å². The maximum absolute atomic E-state index is 13.0. The number of fused-ring (bicyclic) bond motifs is 1. The van der Waals surface area contributed by atoms with Crippen LogP contribution in [0.4, 0.5) is 0 Å². The summed E-state index contributed by atoms with van der Waals surface area (Å²) in [5.41, 5.74) is 2.20. The van der Waals surface area contributed by atoms with Gasteiger partial charge in [0.15, 0.2) is 0 Å². The van der Waals surface area contributed by atoms with Crippen LogP contribution in [0.1, 0.15) is 39.0 Å². The van der Waals surface area contributed by atoms with E-state index >= 15 is 0 Å². The van der Waals surface area contributed by atoms with Gasteiger partial charge in [-0.2, -0.15) is 0 Å². The Hall–Kier alpha value is -3.19. The zero-order valence-electron chi connectivity index (χ0n) is 18.0. The first-order valence-corrected chi connectivity index (χ1v) is 9.75. The molecule has 1 fully saturated rings. The Morgan fingerprint density at radius 3 is 2.57 bits per heavy atom. The highest BCUT2D eigenvalue weighted by Gasteiger charge is 2.38. The van der Waals surface area contributed by atoms with Crippen LogP contribution in [-0.2, 0) is 31.3 Å². The van der Waals surface area contributed by atoms with Gasteiger partial charge < -0.3 is 14.6 Å². The number of methoxy groups -OCH3 is 1. The van der Waals surface area contributed by atoms with Crippen LogP contribution in [0.2, 0.25) is 0 Å². The molecular weight excluding hydrogens is 382 g/mol. The van der Waals surface area contributed by atoms with E-state index in [9.17, 15) is 14.4 Å². The third kappa shape index (κ3) is 3.45. The second-order valence-electron chi connectivity index (χ2n) is 7.97. The largest absolute Gasteiger partial charge is 0.364 e. The van der Waals surface area contributed by atoms with E-state index in [1.807, 2.05) is 48.8 Å². The van der Waals surface area contributed by atoms with E-state index < -0.39 is 29.2 Å². The minimum absolute atomic E-state index is 0.0646. The van der Waals surface area contributed by atoms with Crippen LogP contribution < -0.4 is 5.32 Å². The van der Waals surface area contributed by atoms with Gasteiger partial charge in [-0.1, -0.05) is 38.1 Å². The molecule has 3 amide bonds. The lowest BCUT2D eigenvalue weighted by molar-refractivity contribution is -0.151. The Labute approximate surface area is 176 Å². The van der Waals surface area contributed by atoms with Crippen molar-refractivity contribution in [3.05, 3.63) is 53.9 Å². The van der Waals surface area contributed by atoms with Gasteiger partial charge in [0.1, 0.15) is 18.5 Å². The van der Waals surface area contributed by atoms with E-state index in [0.717, 1.165) is 27.1 Å². The molecule has 1 aliphatic heterocycles. The maximum Gasteiger partial charge on any atom is 0.277 e. The summed E-state index contributed by atoms with van der Waals surface area (Å²) < 4.78 is 7.47. The molecule has 0 bridgehead atoms. The van der Waals surface area contributed by atoms with Gasteiger partial charge >= 0.3 is 0 Å². The number of nitrogens with zero attached hydrogens (tertiary/aromatic N) is 2. The number of amides is 3. The fourth-order valence-corrected chi connectivity index (χ4v) is 3.90. The second kappa shape index (κ2) is 7.91. The molecule has 2 heterocycles. The Bertz CT molecular complexity index is 1080. The van der Waals surface area contributed by atoms with E-state index in [1.165, 1.54) is 13.8 Å². The van der Waals surface area contributed by atoms with Crippen LogP contribution in [0.5, 0.6) is 0 Å². The van der Waals surface area contributed by atoms with Gasteiger partial charge in [0, 0.05) is 36.1 Å². The summed E-state index contributed by atoms with van der Waals surface area (Å²) in [5.74, 6) is -1.40. The monoisotopic (exact) mass is 409 g/mol. The van der Waals surface area contributed by atoms with Crippen molar-refractivity contribution in [2.45, 2.75) is 45.9 Å². The number of hydrogen-bond donors (Lipinski definition) is 1. The molecule has 30 heavy (non-hydrogen) atoms. The van der Waals surface area contributed by atoms with E-state index in [0.29, 0.717) is 6.73 Å². The molecule has 0 spiro atoms. The molecule has 0 radical (unpaired) electrons. The number of nitrogens with one attached hydrogen (secondary N) is 1. The number of ether oxygens (including phenoxy) is 1. The maximum atomic E-state index is 13.0. The van der Waals surface area contributed by atoms with Gasteiger partial charge in [0.2, 0.25) is 11.8 Å². The predicted octanol–water partition coefficient (Wildman–Crippen LogP) is 2.94. The van der Waals surface area contributed by atoms with E-state index in [2.05, 4.69) is 11.9 Å². The van der Waals surface area contributed by atoms with Crippen LogP contribution in [0, 0.1) is 0 Å². The molecule has 1 atom stereocenters. The molecule has 1 saturated heterocycles. The minimum Gasteiger partial charge on any atom is -0.364 e. The number of allylic oxidation sites excluding steroid dienone is 1. The molecule has 3 rings (SSSR count). The lowest BCUT2D eigenvalue weighted by Crippen LogP contribution is -2.57. The van der Waals surface area contributed by atoms with Crippen LogP contribution >= 0.6 is 0 Å². The highest BCUT2D eigenvalue weighted by molar-refractivity contribution is 6.14. The number of piperazine rings is 1. The molecule has 1 aliphatic rings. The molecular formula is C23H27N3O4. The molecule has 158 valence electrons. The smallest absolute Gasteiger partial charge is 0.277 e. The van der Waals surface area contributed by atoms with Gasteiger partial charge in [0.25, 0.3) is 5.91 Å². The molecule has 0 unspecified atom stereocenters. The average Bonchev–Trinajstić information content (AvgIpc) is 3.00. The fraction of sp³-hybridized carbons (Fsp3) is 0.348. The number of imide groups is 1. The number of rotatable bonds is 5. The van der Waals surface area contributed by atoms with Crippen LogP contribution in [0.15, 0.2) is 42.6 Å². The lowest BCUT2D eigenvalue weighted by atomic mass is 9.86. The molecule has 0 aliphatic carbocycles. The molecule has 2 aromatic rings. The zero-order chi connectivity index (χ0) is 22.2. The highest BCUT2D eigenvalue weighted by Crippen LogP contribution is 2.37. The average molecular weight is 409 g/mol. The molecule has 1 aromatic carbocycles. The van der Waals surface area contributed by atoms with Gasteiger partial charge in [-0.3, -0.25) is 19.3 Å². The van der Waals surface area contributed by atoms with E-state index in [4.69, 9.17) is 4.74 Å². The summed E-state index contributed by atoms with van der Waals surface area (Å²) in [6.45, 7) is 11.1. The molecule has 1 aromatic heterocycles. The first-order valence-electron chi connectivity index (χ1n) is 9.75. The van der Waals surface area contributed by atoms with Crippen molar-refractivity contribution in [2.75, 3.05) is 7.11 Å². The Morgan fingerprint density at radius 2 is 1.97 bits per heavy atom. The van der Waals surface area contributed by atoms with Gasteiger partial charge in [-0.05, 0) is 19.1 Å². The van der Waals surface area contributed by atoms with Gasteiger partial charge in [0.05, 0.1) is 5.52 Å². The third-order valence-electron chi connectivity index (χ3n) is 5.49. The number of para-hydroxylation sites is 1. The number of carbonyl (C=O) groups is 3. The first-order chi connectivity index (χ1) is 14.1. The van der Waals surface area contributed by atoms with Crippen molar-refractivity contribution >= 4 is 34.7 Å². The summed E-state index contributed by atoms with van der Waals surface area (Å²) in [4.78, 5) is 38.4. The van der Waals surface area contributed by atoms with Crippen molar-refractivity contribution in [2.24, 2.45) is 0 Å².